The second-order valence-electron chi connectivity index (χ2n) is 6.06. The van der Waals surface area contributed by atoms with E-state index in [-0.39, 0.29) is 5.75 Å². The molecule has 9 nitrogen and oxygen atoms in total. The molecule has 0 aliphatic heterocycles. The number of nitrogens with zero attached hydrogens (tertiary/aromatic N) is 3. The summed E-state index contributed by atoms with van der Waals surface area (Å²) in [6.07, 6.45) is 1.48. The Balaban J connectivity index is 2.17. The first kappa shape index (κ1) is 19.9. The third-order valence-electron chi connectivity index (χ3n) is 4.30. The van der Waals surface area contributed by atoms with Gasteiger partial charge in [0.15, 0.2) is 0 Å². The van der Waals surface area contributed by atoms with Crippen molar-refractivity contribution in [2.24, 2.45) is 0 Å². The fourth-order valence-corrected chi connectivity index (χ4v) is 3.20. The number of aryl methyl sites for hydroxylation is 1. The van der Waals surface area contributed by atoms with E-state index < -0.39 is 7.82 Å². The number of ether oxygens (including phenoxy) is 2. The number of benzene rings is 2. The Kier molecular flexibility index (Phi) is 5.42. The molecule has 0 radical (unpaired) electrons. The molecule has 3 aromatic rings. The minimum absolute atomic E-state index is 0.0490. The van der Waals surface area contributed by atoms with Crippen LogP contribution in [-0.4, -0.2) is 39.0 Å². The monoisotopic (exact) mass is 405 g/mol. The summed E-state index contributed by atoms with van der Waals surface area (Å²) in [5, 5.41) is 8.07. The van der Waals surface area contributed by atoms with E-state index in [0.717, 1.165) is 11.1 Å². The van der Waals surface area contributed by atoms with Gasteiger partial charge in [-0.2, -0.15) is 0 Å². The van der Waals surface area contributed by atoms with Gasteiger partial charge in [0.1, 0.15) is 17.2 Å². The van der Waals surface area contributed by atoms with Crippen LogP contribution in [0.4, 0.5) is 0 Å². The van der Waals surface area contributed by atoms with Crippen molar-refractivity contribution in [3.05, 3.63) is 47.7 Å². The van der Waals surface area contributed by atoms with Crippen LogP contribution in [0.2, 0.25) is 0 Å². The molecular formula is C18H20N3O6P. The van der Waals surface area contributed by atoms with Crippen LogP contribution in [0, 0.1) is 13.8 Å². The van der Waals surface area contributed by atoms with E-state index in [0.29, 0.717) is 28.4 Å². The zero-order valence-corrected chi connectivity index (χ0v) is 16.7. The highest BCUT2D eigenvalue weighted by Crippen LogP contribution is 2.44. The van der Waals surface area contributed by atoms with E-state index in [1.165, 1.54) is 19.4 Å². The molecule has 0 aliphatic carbocycles. The van der Waals surface area contributed by atoms with Gasteiger partial charge in [0, 0.05) is 17.7 Å². The molecular weight excluding hydrogens is 385 g/mol. The number of hydrogen-bond acceptors (Lipinski definition) is 6. The van der Waals surface area contributed by atoms with Crippen molar-refractivity contribution in [3.8, 4) is 34.2 Å². The maximum atomic E-state index is 11.4. The first-order chi connectivity index (χ1) is 13.2. The van der Waals surface area contributed by atoms with Crippen LogP contribution in [0.5, 0.6) is 17.2 Å². The van der Waals surface area contributed by atoms with E-state index in [2.05, 4.69) is 10.3 Å². The number of phosphoric ester groups is 1. The van der Waals surface area contributed by atoms with Crippen LogP contribution in [0.25, 0.3) is 16.9 Å². The SMILES string of the molecule is COc1ccc(-c2cnnn2-c2cc(C)c(C)c(OC)c2)c(OP(=O)(O)O)c1. The largest absolute Gasteiger partial charge is 0.524 e. The molecule has 1 heterocycles. The van der Waals surface area contributed by atoms with Gasteiger partial charge in [-0.15, -0.1) is 5.10 Å². The number of phosphoric acid groups is 1. The van der Waals surface area contributed by atoms with E-state index in [1.54, 1.807) is 23.9 Å². The normalized spacial score (nSPS) is 11.4. The number of aromatic nitrogens is 3. The Morgan fingerprint density at radius 1 is 1.04 bits per heavy atom. The predicted molar refractivity (Wildman–Crippen MR) is 102 cm³/mol. The van der Waals surface area contributed by atoms with Crippen molar-refractivity contribution < 1.29 is 28.3 Å². The van der Waals surface area contributed by atoms with E-state index in [4.69, 9.17) is 14.0 Å². The fraction of sp³-hybridized carbons (Fsp3) is 0.222. The first-order valence-electron chi connectivity index (χ1n) is 8.23. The molecule has 0 amide bonds. The van der Waals surface area contributed by atoms with Crippen molar-refractivity contribution in [1.82, 2.24) is 15.0 Å². The Bertz CT molecular complexity index is 1060. The molecule has 0 spiro atoms. The molecule has 0 bridgehead atoms. The minimum Gasteiger partial charge on any atom is -0.497 e. The van der Waals surface area contributed by atoms with Crippen molar-refractivity contribution in [2.75, 3.05) is 14.2 Å². The molecule has 10 heteroatoms. The van der Waals surface area contributed by atoms with Crippen LogP contribution in [0.3, 0.4) is 0 Å². The number of rotatable bonds is 6. The highest BCUT2D eigenvalue weighted by molar-refractivity contribution is 7.46. The summed E-state index contributed by atoms with van der Waals surface area (Å²) in [6.45, 7) is 3.91. The molecule has 2 aromatic carbocycles. The molecule has 0 saturated heterocycles. The fourth-order valence-electron chi connectivity index (χ4n) is 2.80. The zero-order chi connectivity index (χ0) is 20.5. The van der Waals surface area contributed by atoms with Gasteiger partial charge in [0.05, 0.1) is 31.8 Å². The molecule has 3 rings (SSSR count). The Morgan fingerprint density at radius 2 is 1.79 bits per heavy atom. The minimum atomic E-state index is -4.79. The van der Waals surface area contributed by atoms with Crippen molar-refractivity contribution in [1.29, 1.82) is 0 Å². The van der Waals surface area contributed by atoms with Gasteiger partial charge in [-0.05, 0) is 43.2 Å². The molecule has 0 saturated carbocycles. The van der Waals surface area contributed by atoms with Crippen LogP contribution < -0.4 is 14.0 Å². The van der Waals surface area contributed by atoms with Crippen molar-refractivity contribution in [2.45, 2.75) is 13.8 Å². The summed E-state index contributed by atoms with van der Waals surface area (Å²) in [5.41, 5.74) is 3.56. The molecule has 0 atom stereocenters. The van der Waals surface area contributed by atoms with Gasteiger partial charge in [0.25, 0.3) is 0 Å². The van der Waals surface area contributed by atoms with Crippen molar-refractivity contribution in [3.63, 3.8) is 0 Å². The summed E-state index contributed by atoms with van der Waals surface area (Å²) >= 11 is 0. The van der Waals surface area contributed by atoms with Gasteiger partial charge >= 0.3 is 7.82 Å². The van der Waals surface area contributed by atoms with Gasteiger partial charge < -0.3 is 14.0 Å². The third kappa shape index (κ3) is 4.01. The summed E-state index contributed by atoms with van der Waals surface area (Å²) in [7, 11) is -1.75. The lowest BCUT2D eigenvalue weighted by molar-refractivity contribution is 0.283. The average Bonchev–Trinajstić information content (AvgIpc) is 3.12. The molecule has 148 valence electrons. The van der Waals surface area contributed by atoms with Crippen molar-refractivity contribution >= 4 is 7.82 Å². The molecule has 1 aromatic heterocycles. The Hall–Kier alpha value is -2.87. The topological polar surface area (TPSA) is 116 Å². The average molecular weight is 405 g/mol. The summed E-state index contributed by atoms with van der Waals surface area (Å²) in [6, 6.07) is 8.40. The quantitative estimate of drug-likeness (QED) is 0.601. The number of hydrogen-bond donors (Lipinski definition) is 2. The molecule has 0 fully saturated rings. The molecule has 28 heavy (non-hydrogen) atoms. The summed E-state index contributed by atoms with van der Waals surface area (Å²) in [4.78, 5) is 18.5. The second kappa shape index (κ2) is 7.63. The Morgan fingerprint density at radius 3 is 2.43 bits per heavy atom. The lowest BCUT2D eigenvalue weighted by Crippen LogP contribution is -2.03. The first-order valence-corrected chi connectivity index (χ1v) is 9.76. The van der Waals surface area contributed by atoms with Crippen LogP contribution in [-0.2, 0) is 4.57 Å². The standard InChI is InChI=1S/C18H20N3O6P/c1-11-7-13(8-17(26-4)12(11)2)21-16(10-19-20-21)15-6-5-14(25-3)9-18(15)27-28(22,23)24/h5-10H,1-4H3,(H2,22,23,24). The summed E-state index contributed by atoms with van der Waals surface area (Å²) < 4.78 is 28.4. The molecule has 2 N–H and O–H groups in total. The van der Waals surface area contributed by atoms with Crippen LogP contribution in [0.1, 0.15) is 11.1 Å². The predicted octanol–water partition coefficient (Wildman–Crippen LogP) is 3.04. The smallest absolute Gasteiger partial charge is 0.497 e. The lowest BCUT2D eigenvalue weighted by Gasteiger charge is -2.15. The maximum absolute atomic E-state index is 11.4. The van der Waals surface area contributed by atoms with Gasteiger partial charge in [-0.3, -0.25) is 9.79 Å². The second-order valence-corrected chi connectivity index (χ2v) is 7.23. The zero-order valence-electron chi connectivity index (χ0n) is 15.8. The van der Waals surface area contributed by atoms with Gasteiger partial charge in [0.2, 0.25) is 0 Å². The third-order valence-corrected chi connectivity index (χ3v) is 4.73. The van der Waals surface area contributed by atoms with Crippen LogP contribution >= 0.6 is 7.82 Å². The Labute approximate surface area is 161 Å². The summed E-state index contributed by atoms with van der Waals surface area (Å²) in [5.74, 6) is 1.03. The highest BCUT2D eigenvalue weighted by atomic mass is 31.2. The maximum Gasteiger partial charge on any atom is 0.524 e. The number of methoxy groups -OCH3 is 2. The molecule has 0 unspecified atom stereocenters. The highest BCUT2D eigenvalue weighted by Gasteiger charge is 2.22. The molecule has 0 aliphatic rings. The van der Waals surface area contributed by atoms with E-state index in [1.807, 2.05) is 26.0 Å². The van der Waals surface area contributed by atoms with E-state index in [9.17, 15) is 14.4 Å². The van der Waals surface area contributed by atoms with E-state index >= 15 is 0 Å². The van der Waals surface area contributed by atoms with Gasteiger partial charge in [-0.25, -0.2) is 9.25 Å². The van der Waals surface area contributed by atoms with Crippen LogP contribution in [0.15, 0.2) is 36.5 Å². The lowest BCUT2D eigenvalue weighted by atomic mass is 10.1. The van der Waals surface area contributed by atoms with Gasteiger partial charge in [-0.1, -0.05) is 5.21 Å².